The van der Waals surface area contributed by atoms with Gasteiger partial charge in [0.25, 0.3) is 0 Å². The Hall–Kier alpha value is -2.32. The van der Waals surface area contributed by atoms with E-state index in [0.29, 0.717) is 29.8 Å². The predicted molar refractivity (Wildman–Crippen MR) is 84.2 cm³/mol. The highest BCUT2D eigenvalue weighted by Gasteiger charge is 2.20. The molecular weight excluding hydrogens is 312 g/mol. The van der Waals surface area contributed by atoms with Crippen molar-refractivity contribution in [2.45, 2.75) is 31.5 Å². The van der Waals surface area contributed by atoms with Gasteiger partial charge in [0, 0.05) is 25.1 Å². The van der Waals surface area contributed by atoms with Gasteiger partial charge in [-0.05, 0) is 18.6 Å². The number of benzene rings is 1. The van der Waals surface area contributed by atoms with E-state index < -0.39 is 6.10 Å². The van der Waals surface area contributed by atoms with E-state index in [4.69, 9.17) is 14.2 Å². The molecule has 0 unspecified atom stereocenters. The summed E-state index contributed by atoms with van der Waals surface area (Å²) in [6.07, 6.45) is 2.90. The summed E-state index contributed by atoms with van der Waals surface area (Å²) in [5, 5.41) is 17.7. The lowest BCUT2D eigenvalue weighted by Gasteiger charge is -2.24. The van der Waals surface area contributed by atoms with Gasteiger partial charge in [-0.2, -0.15) is 5.10 Å². The molecule has 2 aliphatic rings. The molecular formula is C16H20N4O4. The molecule has 0 fully saturated rings. The van der Waals surface area contributed by atoms with E-state index in [1.165, 1.54) is 0 Å². The smallest absolute Gasteiger partial charge is 0.231 e. The SMILES string of the molecule is O[C@H](CN[C@H]1CCc2ncnn2C1)COc1ccc2c(c1)OCO2. The van der Waals surface area contributed by atoms with Gasteiger partial charge in [0.05, 0.1) is 6.54 Å². The first-order valence-corrected chi connectivity index (χ1v) is 8.08. The molecule has 0 aliphatic carbocycles. The number of nitrogens with zero attached hydrogens (tertiary/aromatic N) is 3. The Morgan fingerprint density at radius 1 is 1.38 bits per heavy atom. The van der Waals surface area contributed by atoms with Gasteiger partial charge < -0.3 is 24.6 Å². The Balaban J connectivity index is 1.22. The number of hydrogen-bond acceptors (Lipinski definition) is 7. The third-order valence-corrected chi connectivity index (χ3v) is 4.23. The second-order valence-electron chi connectivity index (χ2n) is 5.98. The first-order valence-electron chi connectivity index (χ1n) is 8.08. The Morgan fingerprint density at radius 2 is 2.29 bits per heavy atom. The molecule has 0 saturated carbocycles. The summed E-state index contributed by atoms with van der Waals surface area (Å²) >= 11 is 0. The van der Waals surface area contributed by atoms with E-state index in [2.05, 4.69) is 15.4 Å². The highest BCUT2D eigenvalue weighted by atomic mass is 16.7. The van der Waals surface area contributed by atoms with Gasteiger partial charge in [-0.1, -0.05) is 0 Å². The van der Waals surface area contributed by atoms with E-state index in [9.17, 15) is 5.11 Å². The highest BCUT2D eigenvalue weighted by Crippen LogP contribution is 2.35. The van der Waals surface area contributed by atoms with E-state index in [0.717, 1.165) is 25.2 Å². The number of ether oxygens (including phenoxy) is 3. The van der Waals surface area contributed by atoms with Crippen LogP contribution in [-0.2, 0) is 13.0 Å². The predicted octanol–water partition coefficient (Wildman–Crippen LogP) is 0.351. The van der Waals surface area contributed by atoms with Crippen LogP contribution in [0.4, 0.5) is 0 Å². The number of aromatic nitrogens is 3. The maximum atomic E-state index is 10.1. The molecule has 0 radical (unpaired) electrons. The topological polar surface area (TPSA) is 90.7 Å². The maximum absolute atomic E-state index is 10.1. The summed E-state index contributed by atoms with van der Waals surface area (Å²) in [5.74, 6) is 3.07. The number of aliphatic hydroxyl groups is 1. The monoisotopic (exact) mass is 332 g/mol. The number of hydrogen-bond donors (Lipinski definition) is 2. The van der Waals surface area contributed by atoms with Gasteiger partial charge in [0.1, 0.15) is 30.6 Å². The molecule has 8 nitrogen and oxygen atoms in total. The molecule has 3 heterocycles. The standard InChI is InChI=1S/C16H20N4O4/c21-12(6-17-11-1-4-16-18-9-19-20(16)7-11)8-22-13-2-3-14-15(5-13)24-10-23-14/h2-3,5,9,11-12,17,21H,1,4,6-8,10H2/t11-,12+/m0/s1. The lowest BCUT2D eigenvalue weighted by atomic mass is 10.1. The molecule has 2 aliphatic heterocycles. The van der Waals surface area contributed by atoms with Crippen molar-refractivity contribution in [3.05, 3.63) is 30.4 Å². The second kappa shape index (κ2) is 6.66. The second-order valence-corrected chi connectivity index (χ2v) is 5.98. The van der Waals surface area contributed by atoms with Crippen LogP contribution in [0.1, 0.15) is 12.2 Å². The van der Waals surface area contributed by atoms with Crippen molar-refractivity contribution in [2.75, 3.05) is 19.9 Å². The van der Waals surface area contributed by atoms with Gasteiger partial charge in [-0.3, -0.25) is 0 Å². The van der Waals surface area contributed by atoms with Crippen LogP contribution in [0.15, 0.2) is 24.5 Å². The van der Waals surface area contributed by atoms with Crippen molar-refractivity contribution in [1.29, 1.82) is 0 Å². The largest absolute Gasteiger partial charge is 0.491 e. The molecule has 0 saturated heterocycles. The summed E-state index contributed by atoms with van der Waals surface area (Å²) in [6.45, 7) is 1.71. The van der Waals surface area contributed by atoms with Crippen LogP contribution in [0.5, 0.6) is 17.2 Å². The van der Waals surface area contributed by atoms with Gasteiger partial charge in [-0.15, -0.1) is 0 Å². The summed E-state index contributed by atoms with van der Waals surface area (Å²) < 4.78 is 18.1. The van der Waals surface area contributed by atoms with Gasteiger partial charge in [-0.25, -0.2) is 9.67 Å². The van der Waals surface area contributed by atoms with E-state index in [-0.39, 0.29) is 13.4 Å². The molecule has 1 aromatic carbocycles. The summed E-state index contributed by atoms with van der Waals surface area (Å²) in [4.78, 5) is 4.21. The molecule has 0 spiro atoms. The highest BCUT2D eigenvalue weighted by molar-refractivity contribution is 5.46. The van der Waals surface area contributed by atoms with E-state index in [1.807, 2.05) is 4.68 Å². The first kappa shape index (κ1) is 15.2. The van der Waals surface area contributed by atoms with Crippen LogP contribution in [-0.4, -0.2) is 52.0 Å². The van der Waals surface area contributed by atoms with Gasteiger partial charge >= 0.3 is 0 Å². The fourth-order valence-electron chi connectivity index (χ4n) is 2.92. The molecule has 128 valence electrons. The number of rotatable bonds is 6. The van der Waals surface area contributed by atoms with E-state index >= 15 is 0 Å². The number of fused-ring (bicyclic) bond motifs is 2. The number of nitrogens with one attached hydrogen (secondary N) is 1. The zero-order valence-electron chi connectivity index (χ0n) is 13.2. The average molecular weight is 332 g/mol. The normalized spacial score (nSPS) is 19.8. The maximum Gasteiger partial charge on any atom is 0.231 e. The molecule has 1 aromatic heterocycles. The minimum Gasteiger partial charge on any atom is -0.491 e. The Labute approximate surface area is 139 Å². The van der Waals surface area contributed by atoms with Crippen LogP contribution >= 0.6 is 0 Å². The lowest BCUT2D eigenvalue weighted by molar-refractivity contribution is 0.101. The lowest BCUT2D eigenvalue weighted by Crippen LogP contribution is -2.42. The molecule has 2 N–H and O–H groups in total. The van der Waals surface area contributed by atoms with E-state index in [1.54, 1.807) is 24.5 Å². The molecule has 2 atom stereocenters. The first-order chi connectivity index (χ1) is 11.8. The van der Waals surface area contributed by atoms with Crippen molar-refractivity contribution >= 4 is 0 Å². The fourth-order valence-corrected chi connectivity index (χ4v) is 2.92. The van der Waals surface area contributed by atoms with Crippen molar-refractivity contribution in [3.8, 4) is 17.2 Å². The molecule has 0 amide bonds. The van der Waals surface area contributed by atoms with Crippen molar-refractivity contribution in [2.24, 2.45) is 0 Å². The number of aryl methyl sites for hydroxylation is 1. The zero-order chi connectivity index (χ0) is 16.4. The Morgan fingerprint density at radius 3 is 3.25 bits per heavy atom. The average Bonchev–Trinajstić information content (AvgIpc) is 3.25. The minimum absolute atomic E-state index is 0.216. The van der Waals surface area contributed by atoms with Crippen LogP contribution in [0, 0.1) is 0 Å². The van der Waals surface area contributed by atoms with Crippen LogP contribution in [0.2, 0.25) is 0 Å². The van der Waals surface area contributed by atoms with Crippen LogP contribution in [0.3, 0.4) is 0 Å². The summed E-state index contributed by atoms with van der Waals surface area (Å²) in [7, 11) is 0. The summed E-state index contributed by atoms with van der Waals surface area (Å²) in [5.41, 5.74) is 0. The third-order valence-electron chi connectivity index (χ3n) is 4.23. The van der Waals surface area contributed by atoms with Crippen molar-refractivity contribution in [3.63, 3.8) is 0 Å². The Bertz CT molecular complexity index is 705. The molecule has 0 bridgehead atoms. The molecule has 4 rings (SSSR count). The number of aliphatic hydroxyl groups excluding tert-OH is 1. The third kappa shape index (κ3) is 3.29. The summed E-state index contributed by atoms with van der Waals surface area (Å²) in [6, 6.07) is 5.68. The Kier molecular flexibility index (Phi) is 4.22. The molecule has 2 aromatic rings. The van der Waals surface area contributed by atoms with Crippen molar-refractivity contribution in [1.82, 2.24) is 20.1 Å². The zero-order valence-corrected chi connectivity index (χ0v) is 13.2. The minimum atomic E-state index is -0.590. The van der Waals surface area contributed by atoms with Crippen molar-refractivity contribution < 1.29 is 19.3 Å². The van der Waals surface area contributed by atoms with Crippen LogP contribution in [0.25, 0.3) is 0 Å². The van der Waals surface area contributed by atoms with Gasteiger partial charge in [0.2, 0.25) is 6.79 Å². The van der Waals surface area contributed by atoms with Gasteiger partial charge in [0.15, 0.2) is 11.5 Å². The quantitative estimate of drug-likeness (QED) is 0.789. The fraction of sp³-hybridized carbons (Fsp3) is 0.500. The van der Waals surface area contributed by atoms with Crippen LogP contribution < -0.4 is 19.5 Å². The molecule has 24 heavy (non-hydrogen) atoms. The molecule has 8 heteroatoms.